The summed E-state index contributed by atoms with van der Waals surface area (Å²) in [6, 6.07) is 6.79. The molecule has 4 N–H and O–H groups in total. The average Bonchev–Trinajstić information content (AvgIpc) is 2.81. The first-order valence-electron chi connectivity index (χ1n) is 6.32. The smallest absolute Gasteiger partial charge is 0.310 e. The number of carboxylic acids is 1. The molecule has 1 fully saturated rings. The van der Waals surface area contributed by atoms with Crippen LogP contribution in [-0.2, 0) is 4.79 Å². The Morgan fingerprint density at radius 1 is 1.39 bits per heavy atom. The largest absolute Gasteiger partial charge is 0.508 e. The van der Waals surface area contributed by atoms with Gasteiger partial charge in [-0.2, -0.15) is 0 Å². The zero-order valence-electron chi connectivity index (χ0n) is 10.3. The Hall–Kier alpha value is -1.55. The van der Waals surface area contributed by atoms with Crippen LogP contribution in [0, 0.1) is 5.41 Å². The average molecular weight is 249 g/mol. The molecule has 18 heavy (non-hydrogen) atoms. The van der Waals surface area contributed by atoms with Crippen molar-refractivity contribution < 1.29 is 15.0 Å². The van der Waals surface area contributed by atoms with E-state index in [1.807, 2.05) is 6.07 Å². The first kappa shape index (κ1) is 12.9. The van der Waals surface area contributed by atoms with Gasteiger partial charge >= 0.3 is 5.97 Å². The topological polar surface area (TPSA) is 83.5 Å². The van der Waals surface area contributed by atoms with Gasteiger partial charge in [-0.25, -0.2) is 0 Å². The number of aliphatic carboxylic acids is 1. The number of rotatable bonds is 4. The highest BCUT2D eigenvalue weighted by Gasteiger charge is 2.47. The fraction of sp³-hybridized carbons (Fsp3) is 0.500. The molecule has 0 amide bonds. The van der Waals surface area contributed by atoms with E-state index in [2.05, 4.69) is 0 Å². The van der Waals surface area contributed by atoms with Crippen molar-refractivity contribution in [3.05, 3.63) is 29.8 Å². The van der Waals surface area contributed by atoms with Crippen molar-refractivity contribution in [3.63, 3.8) is 0 Å². The number of benzene rings is 1. The molecule has 0 saturated heterocycles. The molecule has 1 aliphatic rings. The molecule has 0 heterocycles. The molecule has 1 atom stereocenters. The van der Waals surface area contributed by atoms with Gasteiger partial charge in [0.05, 0.1) is 5.41 Å². The number of carboxylic acid groups (broad SMARTS) is 1. The molecular weight excluding hydrogens is 230 g/mol. The fourth-order valence-corrected chi connectivity index (χ4v) is 3.14. The molecule has 4 heteroatoms. The van der Waals surface area contributed by atoms with Crippen LogP contribution in [-0.4, -0.2) is 22.7 Å². The van der Waals surface area contributed by atoms with Gasteiger partial charge in [0, 0.05) is 12.5 Å². The molecular formula is C14H19NO3. The Balaban J connectivity index is 2.40. The molecule has 98 valence electrons. The highest BCUT2D eigenvalue weighted by Crippen LogP contribution is 2.49. The standard InChI is InChI=1S/C14H19NO3/c15-9-12(10-4-3-5-11(16)8-10)14(13(17)18)6-1-2-7-14/h3-5,8,12,16H,1-2,6-7,9,15H2,(H,17,18)/t12-/m0/s1. The molecule has 0 aliphatic heterocycles. The lowest BCUT2D eigenvalue weighted by Crippen LogP contribution is -2.38. The van der Waals surface area contributed by atoms with E-state index >= 15 is 0 Å². The molecule has 2 rings (SSSR count). The van der Waals surface area contributed by atoms with Gasteiger partial charge in [0.1, 0.15) is 5.75 Å². The predicted molar refractivity (Wildman–Crippen MR) is 68.4 cm³/mol. The van der Waals surface area contributed by atoms with E-state index in [-0.39, 0.29) is 18.2 Å². The highest BCUT2D eigenvalue weighted by atomic mass is 16.4. The lowest BCUT2D eigenvalue weighted by Gasteiger charge is -2.33. The van der Waals surface area contributed by atoms with E-state index in [1.54, 1.807) is 18.2 Å². The zero-order valence-corrected chi connectivity index (χ0v) is 10.3. The normalized spacial score (nSPS) is 19.6. The van der Waals surface area contributed by atoms with Crippen molar-refractivity contribution >= 4 is 5.97 Å². The van der Waals surface area contributed by atoms with Crippen LogP contribution in [0.1, 0.15) is 37.2 Å². The van der Waals surface area contributed by atoms with E-state index in [0.29, 0.717) is 12.8 Å². The maximum absolute atomic E-state index is 11.7. The van der Waals surface area contributed by atoms with Gasteiger partial charge in [-0.3, -0.25) is 4.79 Å². The molecule has 0 radical (unpaired) electrons. The van der Waals surface area contributed by atoms with Crippen LogP contribution in [0.25, 0.3) is 0 Å². The predicted octanol–water partition coefficient (Wildman–Crippen LogP) is 2.08. The van der Waals surface area contributed by atoms with Gasteiger partial charge in [0.15, 0.2) is 0 Å². The van der Waals surface area contributed by atoms with Crippen LogP contribution in [0.5, 0.6) is 5.75 Å². The molecule has 4 nitrogen and oxygen atoms in total. The first-order chi connectivity index (χ1) is 8.60. The Labute approximate surface area is 106 Å². The quantitative estimate of drug-likeness (QED) is 0.762. The number of hydrogen-bond donors (Lipinski definition) is 3. The van der Waals surface area contributed by atoms with Gasteiger partial charge in [0.2, 0.25) is 0 Å². The lowest BCUT2D eigenvalue weighted by atomic mass is 9.70. The van der Waals surface area contributed by atoms with E-state index in [0.717, 1.165) is 18.4 Å². The third-order valence-electron chi connectivity index (χ3n) is 4.10. The summed E-state index contributed by atoms with van der Waals surface area (Å²) >= 11 is 0. The fourth-order valence-electron chi connectivity index (χ4n) is 3.14. The van der Waals surface area contributed by atoms with Crippen LogP contribution in [0.15, 0.2) is 24.3 Å². The molecule has 0 unspecified atom stereocenters. The third-order valence-corrected chi connectivity index (χ3v) is 4.10. The number of aromatic hydroxyl groups is 1. The molecule has 1 saturated carbocycles. The van der Waals surface area contributed by atoms with E-state index in [9.17, 15) is 15.0 Å². The third kappa shape index (κ3) is 2.08. The summed E-state index contributed by atoms with van der Waals surface area (Å²) in [5.41, 5.74) is 5.87. The van der Waals surface area contributed by atoms with Gasteiger partial charge in [-0.15, -0.1) is 0 Å². The van der Waals surface area contributed by atoms with E-state index in [4.69, 9.17) is 5.73 Å². The monoisotopic (exact) mass is 249 g/mol. The number of nitrogens with two attached hydrogens (primary N) is 1. The molecule has 1 aromatic rings. The Bertz CT molecular complexity index is 438. The van der Waals surface area contributed by atoms with Crippen LogP contribution in [0.2, 0.25) is 0 Å². The van der Waals surface area contributed by atoms with E-state index in [1.165, 1.54) is 0 Å². The Morgan fingerprint density at radius 3 is 2.56 bits per heavy atom. The SMILES string of the molecule is NC[C@@H](c1cccc(O)c1)C1(C(=O)O)CCCC1. The van der Waals surface area contributed by atoms with E-state index < -0.39 is 11.4 Å². The summed E-state index contributed by atoms with van der Waals surface area (Å²) in [7, 11) is 0. The van der Waals surface area contributed by atoms with Crippen LogP contribution in [0.4, 0.5) is 0 Å². The van der Waals surface area contributed by atoms with Crippen molar-refractivity contribution in [2.45, 2.75) is 31.6 Å². The van der Waals surface area contributed by atoms with Crippen molar-refractivity contribution in [1.29, 1.82) is 0 Å². The second-order valence-electron chi connectivity index (χ2n) is 5.05. The second-order valence-corrected chi connectivity index (χ2v) is 5.05. The summed E-state index contributed by atoms with van der Waals surface area (Å²) in [6.07, 6.45) is 3.20. The van der Waals surface area contributed by atoms with Gasteiger partial charge in [-0.05, 0) is 30.5 Å². The maximum Gasteiger partial charge on any atom is 0.310 e. The molecule has 0 aromatic heterocycles. The minimum absolute atomic E-state index is 0.157. The van der Waals surface area contributed by atoms with Crippen LogP contribution < -0.4 is 5.73 Å². The zero-order chi connectivity index (χ0) is 13.2. The van der Waals surface area contributed by atoms with Crippen LogP contribution in [0.3, 0.4) is 0 Å². The van der Waals surface area contributed by atoms with Crippen molar-refractivity contribution in [1.82, 2.24) is 0 Å². The van der Waals surface area contributed by atoms with Crippen molar-refractivity contribution in [2.24, 2.45) is 11.1 Å². The number of phenolic OH excluding ortho intramolecular Hbond substituents is 1. The number of carbonyl (C=O) groups is 1. The maximum atomic E-state index is 11.7. The summed E-state index contributed by atoms with van der Waals surface area (Å²) < 4.78 is 0. The molecule has 0 bridgehead atoms. The summed E-state index contributed by atoms with van der Waals surface area (Å²) in [4.78, 5) is 11.7. The summed E-state index contributed by atoms with van der Waals surface area (Å²) in [6.45, 7) is 0.287. The highest BCUT2D eigenvalue weighted by molar-refractivity contribution is 5.76. The second kappa shape index (κ2) is 4.98. The summed E-state index contributed by atoms with van der Waals surface area (Å²) in [5, 5.41) is 19.1. The lowest BCUT2D eigenvalue weighted by molar-refractivity contribution is -0.150. The summed E-state index contributed by atoms with van der Waals surface area (Å²) in [5.74, 6) is -0.840. The van der Waals surface area contributed by atoms with Crippen molar-refractivity contribution in [3.8, 4) is 5.75 Å². The minimum Gasteiger partial charge on any atom is -0.508 e. The number of hydrogen-bond acceptors (Lipinski definition) is 3. The van der Waals surface area contributed by atoms with Gasteiger partial charge in [0.25, 0.3) is 0 Å². The molecule has 1 aromatic carbocycles. The van der Waals surface area contributed by atoms with Gasteiger partial charge < -0.3 is 15.9 Å². The Morgan fingerprint density at radius 2 is 2.06 bits per heavy atom. The minimum atomic E-state index is -0.765. The van der Waals surface area contributed by atoms with Gasteiger partial charge in [-0.1, -0.05) is 25.0 Å². The first-order valence-corrected chi connectivity index (χ1v) is 6.32. The molecule has 0 spiro atoms. The van der Waals surface area contributed by atoms with Crippen molar-refractivity contribution in [2.75, 3.05) is 6.54 Å². The number of phenols is 1. The van der Waals surface area contributed by atoms with Crippen LogP contribution >= 0.6 is 0 Å². The molecule has 1 aliphatic carbocycles. The Kier molecular flexibility index (Phi) is 3.57.